The summed E-state index contributed by atoms with van der Waals surface area (Å²) in [5.41, 5.74) is 1.11. The normalized spacial score (nSPS) is 12.3. The summed E-state index contributed by atoms with van der Waals surface area (Å²) in [7, 11) is 4.97. The average Bonchev–Trinajstić information content (AvgIpc) is 2.44. The van der Waals surface area contributed by atoms with Gasteiger partial charge < -0.3 is 19.5 Å². The first-order valence-corrected chi connectivity index (χ1v) is 7.10. The maximum absolute atomic E-state index is 5.52. The second-order valence-electron chi connectivity index (χ2n) is 5.19. The highest BCUT2D eigenvalue weighted by Gasteiger charge is 2.20. The largest absolute Gasteiger partial charge is 0.496 e. The van der Waals surface area contributed by atoms with Crippen LogP contribution in [0.5, 0.6) is 17.2 Å². The fourth-order valence-electron chi connectivity index (χ4n) is 2.36. The Kier molecular flexibility index (Phi) is 6.65. The molecular formula is C16H27NO3. The van der Waals surface area contributed by atoms with Crippen molar-refractivity contribution < 1.29 is 14.2 Å². The molecule has 0 heterocycles. The molecule has 0 saturated heterocycles. The minimum absolute atomic E-state index is 0.245. The predicted molar refractivity (Wildman–Crippen MR) is 82.0 cm³/mol. The molecule has 1 unspecified atom stereocenters. The zero-order valence-corrected chi connectivity index (χ0v) is 13.4. The van der Waals surface area contributed by atoms with Gasteiger partial charge >= 0.3 is 0 Å². The monoisotopic (exact) mass is 281 g/mol. The Labute approximate surface area is 122 Å². The van der Waals surface area contributed by atoms with Crippen molar-refractivity contribution in [3.63, 3.8) is 0 Å². The van der Waals surface area contributed by atoms with E-state index in [9.17, 15) is 0 Å². The lowest BCUT2D eigenvalue weighted by Gasteiger charge is -2.23. The van der Waals surface area contributed by atoms with Gasteiger partial charge in [0.05, 0.1) is 21.3 Å². The topological polar surface area (TPSA) is 39.7 Å². The van der Waals surface area contributed by atoms with Crippen LogP contribution in [0.3, 0.4) is 0 Å². The van der Waals surface area contributed by atoms with Gasteiger partial charge in [-0.25, -0.2) is 0 Å². The maximum Gasteiger partial charge on any atom is 0.164 e. The van der Waals surface area contributed by atoms with Crippen LogP contribution >= 0.6 is 0 Å². The lowest BCUT2D eigenvalue weighted by molar-refractivity contribution is 0.342. The quantitative estimate of drug-likeness (QED) is 0.792. The van der Waals surface area contributed by atoms with Crippen LogP contribution in [0.15, 0.2) is 12.1 Å². The van der Waals surface area contributed by atoms with E-state index in [-0.39, 0.29) is 6.04 Å². The van der Waals surface area contributed by atoms with Crippen LogP contribution in [-0.2, 0) is 0 Å². The smallest absolute Gasteiger partial charge is 0.164 e. The van der Waals surface area contributed by atoms with Gasteiger partial charge in [0.25, 0.3) is 0 Å². The Hall–Kier alpha value is -1.42. The molecule has 114 valence electrons. The van der Waals surface area contributed by atoms with Crippen molar-refractivity contribution in [2.24, 2.45) is 5.92 Å². The van der Waals surface area contributed by atoms with E-state index in [0.717, 1.165) is 30.0 Å². The Balaban J connectivity index is 3.23. The van der Waals surface area contributed by atoms with Gasteiger partial charge in [-0.05, 0) is 24.9 Å². The van der Waals surface area contributed by atoms with Crippen LogP contribution in [-0.4, -0.2) is 27.9 Å². The number of hydrogen-bond donors (Lipinski definition) is 1. The Morgan fingerprint density at radius 2 is 1.50 bits per heavy atom. The van der Waals surface area contributed by atoms with Crippen LogP contribution in [0.1, 0.15) is 38.8 Å². The number of methoxy groups -OCH3 is 3. The van der Waals surface area contributed by atoms with E-state index < -0.39 is 0 Å². The molecule has 1 aromatic carbocycles. The standard InChI is InChI=1S/C16H27NO3/c1-7-17-13(8-11(2)3)12-9-15(19-5)16(20-6)10-14(12)18-4/h9-11,13,17H,7-8H2,1-6H3. The van der Waals surface area contributed by atoms with Gasteiger partial charge in [-0.3, -0.25) is 0 Å². The summed E-state index contributed by atoms with van der Waals surface area (Å²) in [6.07, 6.45) is 1.04. The first-order chi connectivity index (χ1) is 9.57. The summed E-state index contributed by atoms with van der Waals surface area (Å²) < 4.78 is 16.3. The van der Waals surface area contributed by atoms with E-state index in [4.69, 9.17) is 14.2 Å². The van der Waals surface area contributed by atoms with E-state index in [1.165, 1.54) is 0 Å². The molecule has 0 amide bonds. The van der Waals surface area contributed by atoms with Gasteiger partial charge in [-0.2, -0.15) is 0 Å². The number of hydrogen-bond acceptors (Lipinski definition) is 4. The SMILES string of the molecule is CCNC(CC(C)C)c1cc(OC)c(OC)cc1OC. The highest BCUT2D eigenvalue weighted by molar-refractivity contribution is 5.51. The van der Waals surface area contributed by atoms with Crippen molar-refractivity contribution >= 4 is 0 Å². The number of nitrogens with one attached hydrogen (secondary N) is 1. The van der Waals surface area contributed by atoms with E-state index in [1.807, 2.05) is 12.1 Å². The molecule has 0 bridgehead atoms. The molecule has 0 aliphatic carbocycles. The second-order valence-corrected chi connectivity index (χ2v) is 5.19. The Bertz CT molecular complexity index is 418. The van der Waals surface area contributed by atoms with Gasteiger partial charge in [0, 0.05) is 17.7 Å². The van der Waals surface area contributed by atoms with Crippen molar-refractivity contribution in [3.8, 4) is 17.2 Å². The van der Waals surface area contributed by atoms with E-state index >= 15 is 0 Å². The molecule has 0 saturated carbocycles. The van der Waals surface area contributed by atoms with Crippen LogP contribution in [0.25, 0.3) is 0 Å². The highest BCUT2D eigenvalue weighted by atomic mass is 16.5. The van der Waals surface area contributed by atoms with Gasteiger partial charge in [-0.15, -0.1) is 0 Å². The summed E-state index contributed by atoms with van der Waals surface area (Å²) in [6, 6.07) is 4.14. The zero-order chi connectivity index (χ0) is 15.1. The molecule has 0 spiro atoms. The van der Waals surface area contributed by atoms with E-state index in [1.54, 1.807) is 21.3 Å². The predicted octanol–water partition coefficient (Wildman–Crippen LogP) is 3.41. The molecule has 20 heavy (non-hydrogen) atoms. The average molecular weight is 281 g/mol. The molecule has 4 nitrogen and oxygen atoms in total. The molecule has 1 atom stereocenters. The van der Waals surface area contributed by atoms with Crippen LogP contribution in [0.4, 0.5) is 0 Å². The number of rotatable bonds is 8. The van der Waals surface area contributed by atoms with Crippen molar-refractivity contribution in [3.05, 3.63) is 17.7 Å². The highest BCUT2D eigenvalue weighted by Crippen LogP contribution is 2.39. The van der Waals surface area contributed by atoms with Crippen LogP contribution in [0, 0.1) is 5.92 Å². The van der Waals surface area contributed by atoms with E-state index in [2.05, 4.69) is 26.1 Å². The summed E-state index contributed by atoms with van der Waals surface area (Å²) >= 11 is 0. The number of benzene rings is 1. The van der Waals surface area contributed by atoms with Gasteiger partial charge in [-0.1, -0.05) is 20.8 Å². The Morgan fingerprint density at radius 1 is 0.950 bits per heavy atom. The Morgan fingerprint density at radius 3 is 1.95 bits per heavy atom. The summed E-state index contributed by atoms with van der Waals surface area (Å²) in [5.74, 6) is 2.84. The maximum atomic E-state index is 5.52. The fraction of sp³-hybridized carbons (Fsp3) is 0.625. The third-order valence-corrected chi connectivity index (χ3v) is 3.27. The van der Waals surface area contributed by atoms with Gasteiger partial charge in [0.2, 0.25) is 0 Å². The second kappa shape index (κ2) is 8.00. The van der Waals surface area contributed by atoms with Crippen molar-refractivity contribution in [2.45, 2.75) is 33.2 Å². The fourth-order valence-corrected chi connectivity index (χ4v) is 2.36. The van der Waals surface area contributed by atoms with Crippen molar-refractivity contribution in [2.75, 3.05) is 27.9 Å². The summed E-state index contributed by atoms with van der Waals surface area (Å²) in [6.45, 7) is 7.46. The lowest BCUT2D eigenvalue weighted by Crippen LogP contribution is -2.23. The summed E-state index contributed by atoms with van der Waals surface area (Å²) in [4.78, 5) is 0. The molecule has 0 radical (unpaired) electrons. The van der Waals surface area contributed by atoms with E-state index in [0.29, 0.717) is 11.7 Å². The van der Waals surface area contributed by atoms with Crippen molar-refractivity contribution in [1.29, 1.82) is 0 Å². The third-order valence-electron chi connectivity index (χ3n) is 3.27. The van der Waals surface area contributed by atoms with Crippen molar-refractivity contribution in [1.82, 2.24) is 5.32 Å². The zero-order valence-electron chi connectivity index (χ0n) is 13.4. The first kappa shape index (κ1) is 16.6. The molecule has 0 aliphatic heterocycles. The molecule has 4 heteroatoms. The molecular weight excluding hydrogens is 254 g/mol. The van der Waals surface area contributed by atoms with Crippen LogP contribution < -0.4 is 19.5 Å². The molecule has 1 rings (SSSR count). The minimum atomic E-state index is 0.245. The number of ether oxygens (including phenoxy) is 3. The summed E-state index contributed by atoms with van der Waals surface area (Å²) in [5, 5.41) is 3.52. The third kappa shape index (κ3) is 4.04. The lowest BCUT2D eigenvalue weighted by atomic mass is 9.95. The first-order valence-electron chi connectivity index (χ1n) is 7.10. The van der Waals surface area contributed by atoms with Gasteiger partial charge in [0.15, 0.2) is 11.5 Å². The molecule has 0 fully saturated rings. The van der Waals surface area contributed by atoms with Gasteiger partial charge in [0.1, 0.15) is 5.75 Å². The van der Waals surface area contributed by atoms with Crippen LogP contribution in [0.2, 0.25) is 0 Å². The molecule has 1 N–H and O–H groups in total. The minimum Gasteiger partial charge on any atom is -0.496 e. The molecule has 1 aromatic rings. The molecule has 0 aromatic heterocycles. The molecule has 0 aliphatic rings.